The Morgan fingerprint density at radius 3 is 1.88 bits per heavy atom. The number of fused-ring (bicyclic) bond motifs is 8. The van der Waals surface area contributed by atoms with Crippen LogP contribution in [0.5, 0.6) is 23.0 Å². The lowest BCUT2D eigenvalue weighted by Gasteiger charge is -2.34. The topological polar surface area (TPSA) is 270 Å². The number of hydrogen-bond donors (Lipinski definition) is 5. The average Bonchev–Trinajstić information content (AvgIpc) is 1.59. The number of para-hydroxylation sites is 2. The smallest absolute Gasteiger partial charge is 0.288 e. The molecule has 4 aliphatic rings. The van der Waals surface area contributed by atoms with Gasteiger partial charge in [-0.15, -0.1) is 0 Å². The highest BCUT2D eigenvalue weighted by atomic mass is 33.1. The van der Waals surface area contributed by atoms with Gasteiger partial charge in [0, 0.05) is 66.4 Å². The SMILES string of the molecule is COCCOCCOCCN(CC(C)(C)SSCCC(C(=O)NC(C)(C)c1ccccc1)S(=O)(=O)O)c1cc(COc2cc3c(cc2OC)C(=O)N2c4ccccc4C[C@H]2CN3)cc(COc2cc3c(cc2OC)C(=O)N2c4ccccc4C[C@H]2C(S(=O)(=O)O)N3)c1. The van der Waals surface area contributed by atoms with Crippen molar-refractivity contribution in [2.45, 2.75) is 93.2 Å². The highest BCUT2D eigenvalue weighted by Crippen LogP contribution is 2.45. The Hall–Kier alpha value is -7.27. The molecule has 22 nitrogen and oxygen atoms in total. The quantitative estimate of drug-likeness (QED) is 0.0160. The fourth-order valence-electron chi connectivity index (χ4n) is 12.0. The molecule has 4 heterocycles. The zero-order valence-electron chi connectivity index (χ0n) is 52.3. The molecule has 0 aromatic heterocycles. The van der Waals surface area contributed by atoms with E-state index in [2.05, 4.69) is 20.9 Å². The molecule has 5 N–H and O–H groups in total. The van der Waals surface area contributed by atoms with Crippen molar-refractivity contribution in [3.8, 4) is 23.0 Å². The number of hydrogen-bond acceptors (Lipinski definition) is 19. The van der Waals surface area contributed by atoms with Crippen molar-refractivity contribution in [1.29, 1.82) is 0 Å². The molecule has 2 unspecified atom stereocenters. The maximum Gasteiger partial charge on any atom is 0.288 e. The Morgan fingerprint density at radius 1 is 0.696 bits per heavy atom. The van der Waals surface area contributed by atoms with Crippen molar-refractivity contribution in [1.82, 2.24) is 5.32 Å². The standard InChI is InChI=1S/C66H78N6O16S4/c1-65(2,90-89-28-21-60(91(76,77)78)61(73)69-66(3,4)46-17-9-8-10-18-46)41-70(22-23-85-26-27-86-25-24-82-5)47-30-42(39-87-58-36-51-49(34-56(58)83-6)63(74)71-48(38-67-51)32-44-15-11-13-19-53(44)71)29-43(31-47)40-88-59-37-52-50(35-57(59)84-7)64(75)72-54-20-14-12-16-45(54)33-55(72)62(68-52)92(79,80)81/h8-20,29-31,34-37,48,55,60,62,67-68H,21-28,32-33,38-41H2,1-7H3,(H,69,73)(H,76,77,78)(H,79,80,81)/t48-,55-,60?,62?/m0/s1. The van der Waals surface area contributed by atoms with E-state index in [-0.39, 0.29) is 73.1 Å². The summed E-state index contributed by atoms with van der Waals surface area (Å²) in [4.78, 5) is 47.9. The second-order valence-corrected chi connectivity index (χ2v) is 30.2. The number of carbonyl (C=O) groups excluding carboxylic acids is 3. The zero-order valence-corrected chi connectivity index (χ0v) is 55.6. The summed E-state index contributed by atoms with van der Waals surface area (Å²) in [7, 11) is -2.18. The number of nitrogens with zero attached hydrogens (tertiary/aromatic N) is 3. The van der Waals surface area contributed by atoms with Gasteiger partial charge in [0.25, 0.3) is 32.1 Å². The molecule has 6 aromatic carbocycles. The van der Waals surface area contributed by atoms with E-state index in [4.69, 9.17) is 33.2 Å². The van der Waals surface area contributed by atoms with Crippen LogP contribution in [0.3, 0.4) is 0 Å². The lowest BCUT2D eigenvalue weighted by Crippen LogP contribution is -2.49. The number of anilines is 5. The predicted molar refractivity (Wildman–Crippen MR) is 357 cm³/mol. The van der Waals surface area contributed by atoms with Crippen LogP contribution in [0.4, 0.5) is 28.4 Å². The van der Waals surface area contributed by atoms with Crippen molar-refractivity contribution in [3.05, 3.63) is 160 Å². The van der Waals surface area contributed by atoms with Crippen LogP contribution in [0.25, 0.3) is 0 Å². The van der Waals surface area contributed by atoms with Crippen LogP contribution < -0.4 is 49.6 Å². The molecule has 0 saturated heterocycles. The molecule has 492 valence electrons. The molecule has 10 rings (SSSR count). The summed E-state index contributed by atoms with van der Waals surface area (Å²) in [6.07, 6.45) is 0.718. The molecule has 0 fully saturated rings. The van der Waals surface area contributed by atoms with Crippen LogP contribution in [0.15, 0.2) is 121 Å². The van der Waals surface area contributed by atoms with E-state index in [9.17, 15) is 40.3 Å². The van der Waals surface area contributed by atoms with Gasteiger partial charge in [0.2, 0.25) is 5.91 Å². The highest BCUT2D eigenvalue weighted by Gasteiger charge is 2.48. The van der Waals surface area contributed by atoms with E-state index in [0.29, 0.717) is 92.0 Å². The highest BCUT2D eigenvalue weighted by molar-refractivity contribution is 8.77. The van der Waals surface area contributed by atoms with Crippen LogP contribution in [0.1, 0.15) is 82.6 Å². The molecule has 4 aliphatic heterocycles. The number of carbonyl (C=O) groups is 3. The van der Waals surface area contributed by atoms with Gasteiger partial charge in [0.05, 0.1) is 87.4 Å². The Labute approximate surface area is 545 Å². The number of rotatable bonds is 30. The third-order valence-corrected chi connectivity index (χ3v) is 22.0. The van der Waals surface area contributed by atoms with Crippen LogP contribution >= 0.6 is 21.6 Å². The minimum Gasteiger partial charge on any atom is -0.493 e. The van der Waals surface area contributed by atoms with Crippen LogP contribution in [0.2, 0.25) is 0 Å². The van der Waals surface area contributed by atoms with Crippen molar-refractivity contribution in [2.75, 3.05) is 105 Å². The first kappa shape index (κ1) is 67.6. The Kier molecular flexibility index (Phi) is 21.3. The van der Waals surface area contributed by atoms with Gasteiger partial charge < -0.3 is 63.8 Å². The summed E-state index contributed by atoms with van der Waals surface area (Å²) in [5.41, 5.74) is 6.42. The second kappa shape index (κ2) is 28.9. The molecule has 0 spiro atoms. The molecule has 0 saturated carbocycles. The summed E-state index contributed by atoms with van der Waals surface area (Å²) >= 11 is 0. The second-order valence-electron chi connectivity index (χ2n) is 24.0. The van der Waals surface area contributed by atoms with Gasteiger partial charge in [-0.1, -0.05) is 88.3 Å². The number of amides is 3. The average molecular weight is 1340 g/mol. The van der Waals surface area contributed by atoms with Crippen molar-refractivity contribution in [2.24, 2.45) is 0 Å². The van der Waals surface area contributed by atoms with Crippen LogP contribution in [-0.4, -0.2) is 151 Å². The number of ether oxygens (including phenoxy) is 7. The maximum atomic E-state index is 14.5. The summed E-state index contributed by atoms with van der Waals surface area (Å²) in [5.74, 6) is -0.208. The molecule has 4 atom stereocenters. The fraction of sp³-hybridized carbons (Fsp3) is 0.409. The van der Waals surface area contributed by atoms with E-state index >= 15 is 0 Å². The lowest BCUT2D eigenvalue weighted by atomic mass is 9.94. The molecule has 0 aliphatic carbocycles. The van der Waals surface area contributed by atoms with Gasteiger partial charge in [-0.3, -0.25) is 23.5 Å². The fourth-order valence-corrected chi connectivity index (χ4v) is 16.4. The monoisotopic (exact) mass is 1340 g/mol. The number of nitrogens with one attached hydrogen (secondary N) is 3. The Morgan fingerprint density at radius 2 is 1.26 bits per heavy atom. The largest absolute Gasteiger partial charge is 0.493 e. The summed E-state index contributed by atoms with van der Waals surface area (Å²) in [6.45, 7) is 10.5. The van der Waals surface area contributed by atoms with Crippen LogP contribution in [-0.2, 0) is 70.8 Å². The number of methoxy groups -OCH3 is 3. The minimum atomic E-state index is -4.79. The van der Waals surface area contributed by atoms with E-state index in [0.717, 1.165) is 28.1 Å². The van der Waals surface area contributed by atoms with Gasteiger partial charge in [-0.25, -0.2) is 0 Å². The summed E-state index contributed by atoms with van der Waals surface area (Å²) < 4.78 is 114. The number of benzene rings is 6. The van der Waals surface area contributed by atoms with Gasteiger partial charge >= 0.3 is 0 Å². The molecular weight excluding hydrogens is 1260 g/mol. The molecule has 0 bridgehead atoms. The van der Waals surface area contributed by atoms with Gasteiger partial charge in [0.15, 0.2) is 33.6 Å². The predicted octanol–water partition coefficient (Wildman–Crippen LogP) is 9.41. The van der Waals surface area contributed by atoms with Gasteiger partial charge in [-0.05, 0) is 117 Å². The zero-order chi connectivity index (χ0) is 65.5. The van der Waals surface area contributed by atoms with E-state index < -0.39 is 59.0 Å². The minimum absolute atomic E-state index is 0.000259. The van der Waals surface area contributed by atoms with E-state index in [1.54, 1.807) is 51.3 Å². The lowest BCUT2D eigenvalue weighted by molar-refractivity contribution is -0.122. The molecule has 26 heteroatoms. The molecule has 92 heavy (non-hydrogen) atoms. The summed E-state index contributed by atoms with van der Waals surface area (Å²) in [6, 6.07) is 35.4. The Bertz CT molecular complexity index is 3900. The first-order chi connectivity index (χ1) is 44.0. The van der Waals surface area contributed by atoms with Gasteiger partial charge in [0.1, 0.15) is 13.2 Å². The first-order valence-electron chi connectivity index (χ1n) is 30.1. The molecule has 3 amide bonds. The van der Waals surface area contributed by atoms with Crippen molar-refractivity contribution < 1.29 is 73.5 Å². The summed E-state index contributed by atoms with van der Waals surface area (Å²) in [5, 5.41) is 5.98. The van der Waals surface area contributed by atoms with Crippen molar-refractivity contribution in [3.63, 3.8) is 0 Å². The third kappa shape index (κ3) is 15.7. The van der Waals surface area contributed by atoms with Crippen molar-refractivity contribution >= 4 is 88.0 Å². The molecule has 0 radical (unpaired) electrons. The first-order valence-corrected chi connectivity index (χ1v) is 35.5. The molecule has 6 aromatic rings. The van der Waals surface area contributed by atoms with Gasteiger partial charge in [-0.2, -0.15) is 16.8 Å². The Balaban J connectivity index is 0.944. The third-order valence-electron chi connectivity index (χ3n) is 16.5. The van der Waals surface area contributed by atoms with E-state index in [1.165, 1.54) is 52.8 Å². The maximum absolute atomic E-state index is 14.5. The normalized spacial score (nSPS) is 17.1. The molecular formula is C66H78N6O16S4. The van der Waals surface area contributed by atoms with E-state index in [1.807, 2.05) is 97.6 Å². The van der Waals surface area contributed by atoms with Crippen LogP contribution in [0, 0.1) is 0 Å².